The zero-order valence-electron chi connectivity index (χ0n) is 14.0. The average Bonchev–Trinajstić information content (AvgIpc) is 3.45. The van der Waals surface area contributed by atoms with Gasteiger partial charge in [0.1, 0.15) is 0 Å². The summed E-state index contributed by atoms with van der Waals surface area (Å²) in [6.45, 7) is 5.10. The molecule has 2 saturated carbocycles. The summed E-state index contributed by atoms with van der Waals surface area (Å²) in [6.07, 6.45) is 4.94. The van der Waals surface area contributed by atoms with Crippen LogP contribution in [0.25, 0.3) is 5.69 Å². The van der Waals surface area contributed by atoms with Crippen molar-refractivity contribution in [1.82, 2.24) is 9.47 Å². The van der Waals surface area contributed by atoms with Gasteiger partial charge in [0.25, 0.3) is 5.91 Å². The molecule has 0 bridgehead atoms. The van der Waals surface area contributed by atoms with Gasteiger partial charge in [-0.25, -0.2) is 0 Å². The van der Waals surface area contributed by atoms with E-state index in [1.807, 2.05) is 18.2 Å². The van der Waals surface area contributed by atoms with Crippen molar-refractivity contribution >= 4 is 5.91 Å². The standard InChI is InChI=1S/C20H24N2O/c1-14-12-19(15(2)22(14)18-6-4-3-5-7-18)20(23)21(17-10-11-17)13-16-8-9-16/h3-7,12,16-17H,8-11,13H2,1-2H3. The average molecular weight is 308 g/mol. The Balaban J connectivity index is 1.67. The number of amides is 1. The third-order valence-electron chi connectivity index (χ3n) is 5.08. The van der Waals surface area contributed by atoms with E-state index >= 15 is 0 Å². The van der Waals surface area contributed by atoms with Gasteiger partial charge < -0.3 is 9.47 Å². The number of para-hydroxylation sites is 1. The number of hydrogen-bond donors (Lipinski definition) is 0. The van der Waals surface area contributed by atoms with Crippen molar-refractivity contribution in [3.63, 3.8) is 0 Å². The summed E-state index contributed by atoms with van der Waals surface area (Å²) in [5, 5.41) is 0. The zero-order chi connectivity index (χ0) is 16.0. The van der Waals surface area contributed by atoms with Crippen LogP contribution in [0.3, 0.4) is 0 Å². The van der Waals surface area contributed by atoms with Crippen molar-refractivity contribution in [3.8, 4) is 5.69 Å². The number of aromatic nitrogens is 1. The predicted octanol–water partition coefficient (Wildman–Crippen LogP) is 4.11. The molecule has 0 aliphatic heterocycles. The van der Waals surface area contributed by atoms with Gasteiger partial charge in [-0.05, 0) is 63.6 Å². The molecule has 0 unspecified atom stereocenters. The molecule has 3 nitrogen and oxygen atoms in total. The normalized spacial score (nSPS) is 17.3. The first-order chi connectivity index (χ1) is 11.1. The lowest BCUT2D eigenvalue weighted by molar-refractivity contribution is 0.0734. The number of carbonyl (C=O) groups is 1. The summed E-state index contributed by atoms with van der Waals surface area (Å²) in [4.78, 5) is 15.3. The quantitative estimate of drug-likeness (QED) is 0.816. The molecule has 2 fully saturated rings. The Morgan fingerprint density at radius 2 is 1.83 bits per heavy atom. The molecule has 0 atom stereocenters. The molecule has 0 spiro atoms. The Hall–Kier alpha value is -2.03. The molecule has 2 aromatic rings. The molecule has 1 aromatic heterocycles. The molecular formula is C20H24N2O. The van der Waals surface area contributed by atoms with Gasteiger partial charge >= 0.3 is 0 Å². The van der Waals surface area contributed by atoms with Crippen molar-refractivity contribution in [2.24, 2.45) is 5.92 Å². The van der Waals surface area contributed by atoms with Crippen molar-refractivity contribution in [3.05, 3.63) is 53.3 Å². The molecule has 0 N–H and O–H groups in total. The third kappa shape index (κ3) is 2.80. The lowest BCUT2D eigenvalue weighted by Gasteiger charge is -2.22. The number of benzene rings is 1. The van der Waals surface area contributed by atoms with E-state index in [0.717, 1.165) is 35.1 Å². The fraction of sp³-hybridized carbons (Fsp3) is 0.450. The highest BCUT2D eigenvalue weighted by Crippen LogP contribution is 2.36. The van der Waals surface area contributed by atoms with Crippen LogP contribution in [0.1, 0.15) is 47.4 Å². The van der Waals surface area contributed by atoms with E-state index < -0.39 is 0 Å². The SMILES string of the molecule is Cc1cc(C(=O)N(CC2CC2)C2CC2)c(C)n1-c1ccccc1. The van der Waals surface area contributed by atoms with Gasteiger partial charge in [0.05, 0.1) is 5.56 Å². The van der Waals surface area contributed by atoms with Crippen molar-refractivity contribution < 1.29 is 4.79 Å². The van der Waals surface area contributed by atoms with E-state index in [1.54, 1.807) is 0 Å². The van der Waals surface area contributed by atoms with Crippen LogP contribution < -0.4 is 0 Å². The summed E-state index contributed by atoms with van der Waals surface area (Å²) in [5.74, 6) is 0.979. The fourth-order valence-electron chi connectivity index (χ4n) is 3.47. The smallest absolute Gasteiger partial charge is 0.255 e. The molecule has 2 aliphatic rings. The van der Waals surface area contributed by atoms with E-state index in [4.69, 9.17) is 0 Å². The van der Waals surface area contributed by atoms with Crippen LogP contribution in [0.5, 0.6) is 0 Å². The molecule has 0 saturated heterocycles. The summed E-state index contributed by atoms with van der Waals surface area (Å²) < 4.78 is 2.19. The van der Waals surface area contributed by atoms with Crippen LogP contribution in [0.2, 0.25) is 0 Å². The summed E-state index contributed by atoms with van der Waals surface area (Å²) in [7, 11) is 0. The van der Waals surface area contributed by atoms with Gasteiger partial charge in [-0.15, -0.1) is 0 Å². The number of hydrogen-bond acceptors (Lipinski definition) is 1. The highest BCUT2D eigenvalue weighted by atomic mass is 16.2. The van der Waals surface area contributed by atoms with E-state index in [0.29, 0.717) is 6.04 Å². The van der Waals surface area contributed by atoms with Gasteiger partial charge in [0.15, 0.2) is 0 Å². The fourth-order valence-corrected chi connectivity index (χ4v) is 3.47. The minimum atomic E-state index is 0.231. The lowest BCUT2D eigenvalue weighted by Crippen LogP contribution is -2.35. The third-order valence-corrected chi connectivity index (χ3v) is 5.08. The van der Waals surface area contributed by atoms with Gasteiger partial charge in [0, 0.05) is 29.7 Å². The highest BCUT2D eigenvalue weighted by Gasteiger charge is 2.37. The van der Waals surface area contributed by atoms with E-state index in [9.17, 15) is 4.79 Å². The molecular weight excluding hydrogens is 284 g/mol. The number of rotatable bonds is 5. The number of aryl methyl sites for hydroxylation is 1. The van der Waals surface area contributed by atoms with Gasteiger partial charge in [-0.1, -0.05) is 18.2 Å². The summed E-state index contributed by atoms with van der Waals surface area (Å²) in [6, 6.07) is 12.8. The first kappa shape index (κ1) is 14.6. The van der Waals surface area contributed by atoms with Gasteiger partial charge in [0.2, 0.25) is 0 Å². The van der Waals surface area contributed by atoms with E-state index in [-0.39, 0.29) is 5.91 Å². The molecule has 2 aliphatic carbocycles. The molecule has 4 rings (SSSR count). The Morgan fingerprint density at radius 1 is 1.13 bits per heavy atom. The minimum absolute atomic E-state index is 0.231. The van der Waals surface area contributed by atoms with Gasteiger partial charge in [-0.2, -0.15) is 0 Å². The first-order valence-electron chi connectivity index (χ1n) is 8.70. The maximum atomic E-state index is 13.1. The molecule has 1 amide bonds. The van der Waals surface area contributed by atoms with Crippen LogP contribution in [-0.4, -0.2) is 28.0 Å². The Kier molecular flexibility index (Phi) is 3.51. The maximum Gasteiger partial charge on any atom is 0.255 e. The summed E-state index contributed by atoms with van der Waals surface area (Å²) >= 11 is 0. The van der Waals surface area contributed by atoms with Crippen LogP contribution in [0.4, 0.5) is 0 Å². The second-order valence-corrected chi connectivity index (χ2v) is 7.09. The topological polar surface area (TPSA) is 25.2 Å². The molecule has 120 valence electrons. The monoisotopic (exact) mass is 308 g/mol. The second-order valence-electron chi connectivity index (χ2n) is 7.09. The number of carbonyl (C=O) groups excluding carboxylic acids is 1. The Bertz CT molecular complexity index is 724. The lowest BCUT2D eigenvalue weighted by atomic mass is 10.2. The molecule has 0 radical (unpaired) electrons. The van der Waals surface area contributed by atoms with Gasteiger partial charge in [-0.3, -0.25) is 4.79 Å². The van der Waals surface area contributed by atoms with Crippen molar-refractivity contribution in [2.75, 3.05) is 6.54 Å². The predicted molar refractivity (Wildman–Crippen MR) is 92.0 cm³/mol. The van der Waals surface area contributed by atoms with Crippen molar-refractivity contribution in [1.29, 1.82) is 0 Å². The molecule has 3 heteroatoms. The van der Waals surface area contributed by atoms with Crippen molar-refractivity contribution in [2.45, 2.75) is 45.6 Å². The minimum Gasteiger partial charge on any atom is -0.335 e. The Morgan fingerprint density at radius 3 is 2.43 bits per heavy atom. The largest absolute Gasteiger partial charge is 0.335 e. The molecule has 23 heavy (non-hydrogen) atoms. The van der Waals surface area contributed by atoms with E-state index in [1.165, 1.54) is 25.7 Å². The first-order valence-corrected chi connectivity index (χ1v) is 8.70. The zero-order valence-corrected chi connectivity index (χ0v) is 14.0. The number of nitrogens with zero attached hydrogens (tertiary/aromatic N) is 2. The molecule has 1 aromatic carbocycles. The second kappa shape index (κ2) is 5.55. The van der Waals surface area contributed by atoms with E-state index in [2.05, 4.69) is 41.5 Å². The van der Waals surface area contributed by atoms with Crippen LogP contribution in [0.15, 0.2) is 36.4 Å². The molecule has 1 heterocycles. The van der Waals surface area contributed by atoms with Crippen LogP contribution >= 0.6 is 0 Å². The summed E-state index contributed by atoms with van der Waals surface area (Å²) in [5.41, 5.74) is 4.18. The Labute approximate surface area is 137 Å². The maximum absolute atomic E-state index is 13.1. The highest BCUT2D eigenvalue weighted by molar-refractivity contribution is 5.96. The van der Waals surface area contributed by atoms with Crippen LogP contribution in [0, 0.1) is 19.8 Å². The van der Waals surface area contributed by atoms with Crippen LogP contribution in [-0.2, 0) is 0 Å².